The Morgan fingerprint density at radius 3 is 2.44 bits per heavy atom. The van der Waals surface area contributed by atoms with Crippen LogP contribution in [0.5, 0.6) is 0 Å². The van der Waals surface area contributed by atoms with E-state index in [2.05, 4.69) is 6.92 Å². The van der Waals surface area contributed by atoms with Crippen LogP contribution in [0, 0.1) is 0 Å². The Labute approximate surface area is 55.4 Å². The van der Waals surface area contributed by atoms with Crippen molar-refractivity contribution in [2.75, 3.05) is 0 Å². The van der Waals surface area contributed by atoms with Gasteiger partial charge in [0, 0.05) is 0 Å². The van der Waals surface area contributed by atoms with E-state index >= 15 is 0 Å². The summed E-state index contributed by atoms with van der Waals surface area (Å²) in [7, 11) is 0. The van der Waals surface area contributed by atoms with Crippen molar-refractivity contribution < 1.29 is 4.74 Å². The van der Waals surface area contributed by atoms with Gasteiger partial charge in [0.2, 0.25) is 0 Å². The molecule has 0 bridgehead atoms. The van der Waals surface area contributed by atoms with E-state index in [0.29, 0.717) is 0 Å². The highest BCUT2D eigenvalue weighted by Gasteiger charge is 2.49. The van der Waals surface area contributed by atoms with Crippen molar-refractivity contribution in [1.82, 2.24) is 0 Å². The van der Waals surface area contributed by atoms with Gasteiger partial charge in [0.15, 0.2) is 5.85 Å². The van der Waals surface area contributed by atoms with Crippen LogP contribution in [-0.2, 0) is 4.74 Å². The second-order valence-corrected chi connectivity index (χ2v) is 2.60. The van der Waals surface area contributed by atoms with Crippen molar-refractivity contribution in [3.63, 3.8) is 0 Å². The summed E-state index contributed by atoms with van der Waals surface area (Å²) in [4.78, 5) is 0. The van der Waals surface area contributed by atoms with Crippen LogP contribution in [0.3, 0.4) is 0 Å². The van der Waals surface area contributed by atoms with Gasteiger partial charge in [-0.05, 0) is 6.42 Å². The van der Waals surface area contributed by atoms with E-state index in [4.69, 9.17) is 16.2 Å². The zero-order valence-electron chi connectivity index (χ0n) is 5.76. The molecular formula is C6H14N2O. The topological polar surface area (TPSA) is 64.6 Å². The highest BCUT2D eigenvalue weighted by molar-refractivity contribution is 4.91. The molecule has 1 rings (SSSR count). The molecule has 0 radical (unpaired) electrons. The van der Waals surface area contributed by atoms with Crippen molar-refractivity contribution in [3.05, 3.63) is 0 Å². The number of epoxide rings is 1. The van der Waals surface area contributed by atoms with Crippen molar-refractivity contribution in [3.8, 4) is 0 Å². The fourth-order valence-corrected chi connectivity index (χ4v) is 0.886. The molecule has 0 aliphatic carbocycles. The number of unbranched alkanes of at least 4 members (excludes halogenated alkanes) is 1. The highest BCUT2D eigenvalue weighted by Crippen LogP contribution is 2.29. The van der Waals surface area contributed by atoms with Crippen LogP contribution in [0.4, 0.5) is 0 Å². The average molecular weight is 130 g/mol. The fraction of sp³-hybridized carbons (Fsp3) is 1.00. The molecule has 1 unspecified atom stereocenters. The summed E-state index contributed by atoms with van der Waals surface area (Å²) in [5.74, 6) is -0.783. The Morgan fingerprint density at radius 1 is 1.56 bits per heavy atom. The lowest BCUT2D eigenvalue weighted by molar-refractivity contribution is 0.300. The van der Waals surface area contributed by atoms with Crippen molar-refractivity contribution >= 4 is 0 Å². The van der Waals surface area contributed by atoms with Crippen LogP contribution >= 0.6 is 0 Å². The minimum Gasteiger partial charge on any atom is -0.336 e. The number of rotatable bonds is 3. The summed E-state index contributed by atoms with van der Waals surface area (Å²) in [6, 6.07) is 0. The molecule has 0 saturated carbocycles. The second-order valence-electron chi connectivity index (χ2n) is 2.60. The SMILES string of the molecule is CCCCC1OC1(N)N. The van der Waals surface area contributed by atoms with Gasteiger partial charge in [-0.3, -0.25) is 11.5 Å². The summed E-state index contributed by atoms with van der Waals surface area (Å²) >= 11 is 0. The lowest BCUT2D eigenvalue weighted by atomic mass is 10.2. The minimum absolute atomic E-state index is 0.123. The maximum Gasteiger partial charge on any atom is 0.197 e. The summed E-state index contributed by atoms with van der Waals surface area (Å²) < 4.78 is 4.96. The zero-order valence-corrected chi connectivity index (χ0v) is 5.76. The molecule has 4 N–H and O–H groups in total. The first kappa shape index (κ1) is 6.99. The molecular weight excluding hydrogens is 116 g/mol. The van der Waals surface area contributed by atoms with Crippen LogP contribution in [0.2, 0.25) is 0 Å². The Kier molecular flexibility index (Phi) is 1.75. The standard InChI is InChI=1S/C6H14N2O/c1-2-3-4-5-6(7,8)9-5/h5H,2-4,7-8H2,1H3. The number of nitrogens with two attached hydrogens (primary N) is 2. The first-order valence-corrected chi connectivity index (χ1v) is 3.42. The molecule has 1 aliphatic heterocycles. The first-order valence-electron chi connectivity index (χ1n) is 3.42. The smallest absolute Gasteiger partial charge is 0.197 e. The molecule has 1 aliphatic rings. The van der Waals surface area contributed by atoms with Crippen LogP contribution in [-0.4, -0.2) is 12.0 Å². The van der Waals surface area contributed by atoms with Crippen LogP contribution in [0.15, 0.2) is 0 Å². The molecule has 3 heteroatoms. The van der Waals surface area contributed by atoms with Gasteiger partial charge in [-0.25, -0.2) is 0 Å². The van der Waals surface area contributed by atoms with E-state index in [1.807, 2.05) is 0 Å². The number of ether oxygens (including phenoxy) is 1. The number of hydrogen-bond donors (Lipinski definition) is 2. The third kappa shape index (κ3) is 1.64. The molecule has 0 aromatic carbocycles. The second kappa shape index (κ2) is 2.25. The maximum absolute atomic E-state index is 5.41. The van der Waals surface area contributed by atoms with Gasteiger partial charge in [-0.15, -0.1) is 0 Å². The van der Waals surface area contributed by atoms with E-state index in [1.165, 1.54) is 6.42 Å². The van der Waals surface area contributed by atoms with Crippen LogP contribution in [0.1, 0.15) is 26.2 Å². The summed E-state index contributed by atoms with van der Waals surface area (Å²) in [6.07, 6.45) is 3.46. The normalized spacial score (nSPS) is 30.3. The quantitative estimate of drug-likeness (QED) is 0.422. The molecule has 54 valence electrons. The fourth-order valence-electron chi connectivity index (χ4n) is 0.886. The third-order valence-electron chi connectivity index (χ3n) is 1.61. The van der Waals surface area contributed by atoms with Crippen molar-refractivity contribution in [1.29, 1.82) is 0 Å². The first-order chi connectivity index (χ1) is 4.17. The number of hydrogen-bond acceptors (Lipinski definition) is 3. The van der Waals surface area contributed by atoms with Crippen LogP contribution < -0.4 is 11.5 Å². The zero-order chi connectivity index (χ0) is 6.91. The Bertz CT molecular complexity index is 103. The van der Waals surface area contributed by atoms with E-state index < -0.39 is 5.85 Å². The molecule has 1 heterocycles. The minimum atomic E-state index is -0.783. The van der Waals surface area contributed by atoms with Gasteiger partial charge >= 0.3 is 0 Å². The van der Waals surface area contributed by atoms with Gasteiger partial charge in [-0.1, -0.05) is 19.8 Å². The van der Waals surface area contributed by atoms with Gasteiger partial charge in [0.25, 0.3) is 0 Å². The molecule has 1 fully saturated rings. The Balaban J connectivity index is 2.06. The summed E-state index contributed by atoms with van der Waals surface area (Å²) in [6.45, 7) is 2.14. The molecule has 1 atom stereocenters. The average Bonchev–Trinajstić information content (AvgIpc) is 2.35. The van der Waals surface area contributed by atoms with Crippen molar-refractivity contribution in [2.45, 2.75) is 38.1 Å². The van der Waals surface area contributed by atoms with E-state index in [9.17, 15) is 0 Å². The highest BCUT2D eigenvalue weighted by atomic mass is 16.6. The Hall–Kier alpha value is -0.120. The molecule has 0 aromatic rings. The lowest BCUT2D eigenvalue weighted by Gasteiger charge is -1.94. The predicted octanol–water partition coefficient (Wildman–Crippen LogP) is 0.147. The summed E-state index contributed by atoms with van der Waals surface area (Å²) in [5.41, 5.74) is 10.8. The molecule has 1 saturated heterocycles. The largest absolute Gasteiger partial charge is 0.336 e. The van der Waals surface area contributed by atoms with Crippen LogP contribution in [0.25, 0.3) is 0 Å². The maximum atomic E-state index is 5.41. The molecule has 0 spiro atoms. The third-order valence-corrected chi connectivity index (χ3v) is 1.61. The molecule has 3 nitrogen and oxygen atoms in total. The Morgan fingerprint density at radius 2 is 2.11 bits per heavy atom. The van der Waals surface area contributed by atoms with Gasteiger partial charge in [0.1, 0.15) is 6.10 Å². The molecule has 0 amide bonds. The molecule has 0 aromatic heterocycles. The van der Waals surface area contributed by atoms with Gasteiger partial charge < -0.3 is 4.74 Å². The van der Waals surface area contributed by atoms with E-state index in [-0.39, 0.29) is 6.10 Å². The van der Waals surface area contributed by atoms with E-state index in [0.717, 1.165) is 12.8 Å². The lowest BCUT2D eigenvalue weighted by Crippen LogP contribution is -2.37. The predicted molar refractivity (Wildman–Crippen MR) is 35.5 cm³/mol. The van der Waals surface area contributed by atoms with Gasteiger partial charge in [-0.2, -0.15) is 0 Å². The monoisotopic (exact) mass is 130 g/mol. The van der Waals surface area contributed by atoms with Crippen molar-refractivity contribution in [2.24, 2.45) is 11.5 Å². The van der Waals surface area contributed by atoms with E-state index in [1.54, 1.807) is 0 Å². The van der Waals surface area contributed by atoms with Gasteiger partial charge in [0.05, 0.1) is 0 Å². The summed E-state index contributed by atoms with van der Waals surface area (Å²) in [5, 5.41) is 0. The molecule has 9 heavy (non-hydrogen) atoms.